The third-order valence-electron chi connectivity index (χ3n) is 5.89. The van der Waals surface area contributed by atoms with Gasteiger partial charge in [-0.25, -0.2) is 14.5 Å². The van der Waals surface area contributed by atoms with Crippen LogP contribution in [0.25, 0.3) is 0 Å². The molecule has 0 unspecified atom stereocenters. The Kier molecular flexibility index (Phi) is 7.23. The second-order valence-corrected chi connectivity index (χ2v) is 9.68. The maximum absolute atomic E-state index is 13.1. The van der Waals surface area contributed by atoms with Crippen molar-refractivity contribution in [3.05, 3.63) is 35.9 Å². The number of likely N-dealkylation sites (tertiary alicyclic amines) is 1. The molecule has 3 amide bonds. The zero-order valence-corrected chi connectivity index (χ0v) is 19.0. The Labute approximate surface area is 184 Å². The normalized spacial score (nSPS) is 21.0. The predicted octanol–water partition coefficient (Wildman–Crippen LogP) is 4.25. The number of imide groups is 1. The summed E-state index contributed by atoms with van der Waals surface area (Å²) in [4.78, 5) is 40.7. The summed E-state index contributed by atoms with van der Waals surface area (Å²) < 4.78 is 10.6. The number of piperidine rings is 1. The number of nitrogens with zero attached hydrogens (tertiary/aromatic N) is 2. The predicted molar refractivity (Wildman–Crippen MR) is 116 cm³/mol. The van der Waals surface area contributed by atoms with Crippen LogP contribution in [-0.2, 0) is 20.7 Å². The maximum Gasteiger partial charge on any atom is 0.416 e. The molecule has 31 heavy (non-hydrogen) atoms. The fourth-order valence-corrected chi connectivity index (χ4v) is 4.28. The Balaban J connectivity index is 1.52. The highest BCUT2D eigenvalue weighted by Gasteiger charge is 2.40. The quantitative estimate of drug-likeness (QED) is 0.698. The summed E-state index contributed by atoms with van der Waals surface area (Å²) in [6.07, 6.45) is 2.13. The highest BCUT2D eigenvalue weighted by molar-refractivity contribution is 5.94. The second-order valence-electron chi connectivity index (χ2n) is 9.68. The number of benzene rings is 1. The third-order valence-corrected chi connectivity index (χ3v) is 5.89. The lowest BCUT2D eigenvalue weighted by molar-refractivity contribution is -0.133. The van der Waals surface area contributed by atoms with E-state index in [0.29, 0.717) is 31.8 Å². The SMILES string of the molecule is C[C@H](CC1CCN(C(=O)OC(C)(C)C)CC1)C(=O)N1C(=O)OC[C@@H]1Cc1ccccc1. The molecule has 7 nitrogen and oxygen atoms in total. The second kappa shape index (κ2) is 9.71. The van der Waals surface area contributed by atoms with Gasteiger partial charge in [0.15, 0.2) is 0 Å². The molecule has 0 aliphatic carbocycles. The van der Waals surface area contributed by atoms with Crippen LogP contribution in [0.3, 0.4) is 0 Å². The van der Waals surface area contributed by atoms with Crippen LogP contribution in [0.2, 0.25) is 0 Å². The van der Waals surface area contributed by atoms with Gasteiger partial charge in [0.2, 0.25) is 5.91 Å². The molecular formula is C24H34N2O5. The first-order chi connectivity index (χ1) is 14.6. The molecule has 2 saturated heterocycles. The van der Waals surface area contributed by atoms with Crippen molar-refractivity contribution in [3.63, 3.8) is 0 Å². The average molecular weight is 431 g/mol. The van der Waals surface area contributed by atoms with Gasteiger partial charge < -0.3 is 14.4 Å². The summed E-state index contributed by atoms with van der Waals surface area (Å²) in [6, 6.07) is 9.56. The molecule has 0 aromatic heterocycles. The Morgan fingerprint density at radius 3 is 2.42 bits per heavy atom. The smallest absolute Gasteiger partial charge is 0.416 e. The van der Waals surface area contributed by atoms with E-state index in [1.165, 1.54) is 4.90 Å². The third kappa shape index (κ3) is 6.21. The fraction of sp³-hybridized carbons (Fsp3) is 0.625. The van der Waals surface area contributed by atoms with Crippen molar-refractivity contribution in [2.45, 2.75) is 65.0 Å². The van der Waals surface area contributed by atoms with Gasteiger partial charge >= 0.3 is 12.2 Å². The summed E-state index contributed by atoms with van der Waals surface area (Å²) in [6.45, 7) is 8.96. The summed E-state index contributed by atoms with van der Waals surface area (Å²) in [5.74, 6) is -0.108. The molecule has 7 heteroatoms. The molecule has 0 saturated carbocycles. The van der Waals surface area contributed by atoms with Gasteiger partial charge in [0, 0.05) is 19.0 Å². The zero-order chi connectivity index (χ0) is 22.6. The maximum atomic E-state index is 13.1. The number of rotatable bonds is 5. The van der Waals surface area contributed by atoms with Crippen LogP contribution in [0.15, 0.2) is 30.3 Å². The van der Waals surface area contributed by atoms with Crippen molar-refractivity contribution >= 4 is 18.1 Å². The lowest BCUT2D eigenvalue weighted by Gasteiger charge is -2.34. The van der Waals surface area contributed by atoms with Gasteiger partial charge in [-0.2, -0.15) is 0 Å². The van der Waals surface area contributed by atoms with Crippen LogP contribution in [0.1, 0.15) is 52.5 Å². The van der Waals surface area contributed by atoms with Gasteiger partial charge in [-0.3, -0.25) is 4.79 Å². The van der Waals surface area contributed by atoms with E-state index in [-0.39, 0.29) is 30.6 Å². The van der Waals surface area contributed by atoms with Gasteiger partial charge in [0.1, 0.15) is 12.2 Å². The van der Waals surface area contributed by atoms with E-state index < -0.39 is 11.7 Å². The van der Waals surface area contributed by atoms with Gasteiger partial charge in [-0.05, 0) is 57.9 Å². The first-order valence-electron chi connectivity index (χ1n) is 11.2. The summed E-state index contributed by atoms with van der Waals surface area (Å²) in [7, 11) is 0. The number of amides is 3. The van der Waals surface area contributed by atoms with E-state index in [4.69, 9.17) is 9.47 Å². The van der Waals surface area contributed by atoms with Crippen LogP contribution in [-0.4, -0.2) is 59.2 Å². The highest BCUT2D eigenvalue weighted by atomic mass is 16.6. The minimum absolute atomic E-state index is 0.169. The Hall–Kier alpha value is -2.57. The summed E-state index contributed by atoms with van der Waals surface area (Å²) in [5, 5.41) is 0. The van der Waals surface area contributed by atoms with Gasteiger partial charge in [0.25, 0.3) is 0 Å². The molecule has 170 valence electrons. The number of ether oxygens (including phenoxy) is 2. The van der Waals surface area contributed by atoms with Crippen LogP contribution in [0.5, 0.6) is 0 Å². The van der Waals surface area contributed by atoms with Crippen molar-refractivity contribution < 1.29 is 23.9 Å². The van der Waals surface area contributed by atoms with Crippen molar-refractivity contribution in [2.24, 2.45) is 11.8 Å². The molecule has 0 bridgehead atoms. The molecule has 1 aromatic carbocycles. The topological polar surface area (TPSA) is 76.2 Å². The molecule has 2 aliphatic heterocycles. The van der Waals surface area contributed by atoms with Crippen LogP contribution < -0.4 is 0 Å². The van der Waals surface area contributed by atoms with E-state index >= 15 is 0 Å². The molecule has 2 aliphatic rings. The Morgan fingerprint density at radius 2 is 1.81 bits per heavy atom. The molecule has 0 spiro atoms. The van der Waals surface area contributed by atoms with E-state index in [1.807, 2.05) is 58.0 Å². The van der Waals surface area contributed by atoms with Crippen molar-refractivity contribution in [2.75, 3.05) is 19.7 Å². The van der Waals surface area contributed by atoms with E-state index in [9.17, 15) is 14.4 Å². The molecule has 1 aromatic rings. The molecule has 2 heterocycles. The molecule has 3 rings (SSSR count). The minimum Gasteiger partial charge on any atom is -0.447 e. The van der Waals surface area contributed by atoms with Crippen LogP contribution in [0, 0.1) is 11.8 Å². The summed E-state index contributed by atoms with van der Waals surface area (Å²) in [5.41, 5.74) is 0.570. The van der Waals surface area contributed by atoms with Gasteiger partial charge in [-0.1, -0.05) is 37.3 Å². The summed E-state index contributed by atoms with van der Waals surface area (Å²) >= 11 is 0. The van der Waals surface area contributed by atoms with Crippen molar-refractivity contribution in [1.82, 2.24) is 9.80 Å². The average Bonchev–Trinajstić information content (AvgIpc) is 3.07. The van der Waals surface area contributed by atoms with Crippen LogP contribution >= 0.6 is 0 Å². The minimum atomic E-state index is -0.544. The monoisotopic (exact) mass is 430 g/mol. The molecule has 2 fully saturated rings. The van der Waals surface area contributed by atoms with E-state index in [2.05, 4.69) is 0 Å². The number of carbonyl (C=O) groups is 3. The zero-order valence-electron chi connectivity index (χ0n) is 19.0. The largest absolute Gasteiger partial charge is 0.447 e. The number of hydrogen-bond donors (Lipinski definition) is 0. The molecule has 0 radical (unpaired) electrons. The lowest BCUT2D eigenvalue weighted by Crippen LogP contribution is -2.44. The lowest BCUT2D eigenvalue weighted by atomic mass is 9.87. The molecule has 2 atom stereocenters. The van der Waals surface area contributed by atoms with E-state index in [0.717, 1.165) is 18.4 Å². The van der Waals surface area contributed by atoms with E-state index in [1.54, 1.807) is 4.90 Å². The number of carbonyl (C=O) groups excluding carboxylic acids is 3. The number of hydrogen-bond acceptors (Lipinski definition) is 5. The fourth-order valence-electron chi connectivity index (χ4n) is 4.28. The van der Waals surface area contributed by atoms with Gasteiger partial charge in [-0.15, -0.1) is 0 Å². The Morgan fingerprint density at radius 1 is 1.16 bits per heavy atom. The molecule has 0 N–H and O–H groups in total. The highest BCUT2D eigenvalue weighted by Crippen LogP contribution is 2.28. The Bertz CT molecular complexity index is 781. The van der Waals surface area contributed by atoms with Crippen molar-refractivity contribution in [3.8, 4) is 0 Å². The van der Waals surface area contributed by atoms with Crippen molar-refractivity contribution in [1.29, 1.82) is 0 Å². The van der Waals surface area contributed by atoms with Gasteiger partial charge in [0.05, 0.1) is 6.04 Å². The first-order valence-corrected chi connectivity index (χ1v) is 11.2. The molecular weight excluding hydrogens is 396 g/mol. The number of cyclic esters (lactones) is 1. The van der Waals surface area contributed by atoms with Crippen LogP contribution in [0.4, 0.5) is 9.59 Å². The first kappa shape index (κ1) is 23.1. The standard InChI is InChI=1S/C24H34N2O5/c1-17(14-19-10-12-25(13-11-19)22(28)31-24(2,3)4)21(27)26-20(16-30-23(26)29)15-18-8-6-5-7-9-18/h5-9,17,19-20H,10-16H2,1-4H3/t17-,20+/m1/s1.